The minimum atomic E-state index is -1.84. The van der Waals surface area contributed by atoms with Gasteiger partial charge < -0.3 is 9.16 Å². The molecule has 0 atom stereocenters. The van der Waals surface area contributed by atoms with E-state index >= 15 is 0 Å². The number of rotatable bonds is 4. The summed E-state index contributed by atoms with van der Waals surface area (Å²) in [6.07, 6.45) is 1.82. The Labute approximate surface area is 193 Å². The number of nitrogens with zero attached hydrogens (tertiary/aromatic N) is 1. The van der Waals surface area contributed by atoms with Gasteiger partial charge in [-0.2, -0.15) is 0 Å². The van der Waals surface area contributed by atoms with Crippen molar-refractivity contribution in [3.05, 3.63) is 70.4 Å². The average Bonchev–Trinajstić information content (AvgIpc) is 3.01. The Morgan fingerprint density at radius 3 is 1.91 bits per heavy atom. The Hall–Kier alpha value is -2.66. The second-order valence-corrected chi connectivity index (χ2v) is 15.8. The van der Waals surface area contributed by atoms with Crippen molar-refractivity contribution in [2.24, 2.45) is 4.99 Å². The highest BCUT2D eigenvalue weighted by Gasteiger charge is 2.31. The van der Waals surface area contributed by atoms with E-state index in [-0.39, 0.29) is 10.8 Å². The first-order chi connectivity index (χ1) is 14.6. The molecule has 3 rings (SSSR count). The van der Waals surface area contributed by atoms with Crippen molar-refractivity contribution in [1.29, 1.82) is 0 Å². The van der Waals surface area contributed by atoms with Gasteiger partial charge in [0.05, 0.1) is 0 Å². The Morgan fingerprint density at radius 1 is 0.906 bits per heavy atom. The third kappa shape index (κ3) is 5.57. The quantitative estimate of drug-likeness (QED) is 0.292. The van der Waals surface area contributed by atoms with Gasteiger partial charge in [-0.3, -0.25) is 0 Å². The van der Waals surface area contributed by atoms with Gasteiger partial charge in [-0.25, -0.2) is 9.79 Å². The lowest BCUT2D eigenvalue weighted by molar-refractivity contribution is -0.129. The van der Waals surface area contributed by atoms with Crippen LogP contribution in [0.15, 0.2) is 53.2 Å². The molecule has 4 nitrogen and oxygen atoms in total. The van der Waals surface area contributed by atoms with Gasteiger partial charge in [0.1, 0.15) is 5.75 Å². The molecule has 0 radical (unpaired) electrons. The second-order valence-electron chi connectivity index (χ2n) is 11.4. The summed E-state index contributed by atoms with van der Waals surface area (Å²) in [6.45, 7) is 19.8. The molecule has 1 aliphatic rings. The van der Waals surface area contributed by atoms with Crippen LogP contribution in [0.3, 0.4) is 0 Å². The standard InChI is InChI=1S/C27H35NO3Si/c1-26(2,3)20-15-18(16-21(27(4,5)6)23(20)31-32(7,8)9)17-22-25(29)30-24(28-22)19-13-11-10-12-14-19/h10-17H,1-9H3. The Bertz CT molecular complexity index is 1040. The number of esters is 1. The van der Waals surface area contributed by atoms with Crippen LogP contribution < -0.4 is 4.43 Å². The van der Waals surface area contributed by atoms with Crippen molar-refractivity contribution in [3.8, 4) is 5.75 Å². The van der Waals surface area contributed by atoms with Gasteiger partial charge in [-0.05, 0) is 77.5 Å². The molecular weight excluding hydrogens is 414 g/mol. The molecule has 0 unspecified atom stereocenters. The van der Waals surface area contributed by atoms with E-state index in [1.807, 2.05) is 36.4 Å². The van der Waals surface area contributed by atoms with Gasteiger partial charge in [-0.15, -0.1) is 0 Å². The largest absolute Gasteiger partial charge is 0.544 e. The molecule has 0 saturated heterocycles. The summed E-state index contributed by atoms with van der Waals surface area (Å²) in [4.78, 5) is 17.0. The predicted molar refractivity (Wildman–Crippen MR) is 135 cm³/mol. The Balaban J connectivity index is 2.17. The number of hydrogen-bond donors (Lipinski definition) is 0. The SMILES string of the molecule is CC(C)(C)c1cc(C=C2N=C(c3ccccc3)OC2=O)cc(C(C)(C)C)c1O[Si](C)(C)C. The van der Waals surface area contributed by atoms with Gasteiger partial charge in [0.2, 0.25) is 14.2 Å². The van der Waals surface area contributed by atoms with Crippen LogP contribution >= 0.6 is 0 Å². The van der Waals surface area contributed by atoms with Gasteiger partial charge >= 0.3 is 5.97 Å². The number of ether oxygens (including phenoxy) is 1. The highest BCUT2D eigenvalue weighted by molar-refractivity contribution is 6.70. The fourth-order valence-corrected chi connectivity index (χ4v) is 4.37. The molecule has 0 amide bonds. The number of aliphatic imine (C=N–C) groups is 1. The molecule has 5 heteroatoms. The molecule has 0 spiro atoms. The zero-order valence-electron chi connectivity index (χ0n) is 20.8. The minimum Gasteiger partial charge on any atom is -0.544 e. The van der Waals surface area contributed by atoms with Crippen LogP contribution in [0.5, 0.6) is 5.75 Å². The van der Waals surface area contributed by atoms with Crippen molar-refractivity contribution in [2.45, 2.75) is 72.0 Å². The van der Waals surface area contributed by atoms with Crippen LogP contribution in [0.4, 0.5) is 0 Å². The van der Waals surface area contributed by atoms with E-state index in [9.17, 15) is 4.79 Å². The lowest BCUT2D eigenvalue weighted by Crippen LogP contribution is -2.32. The van der Waals surface area contributed by atoms with Gasteiger partial charge in [0.15, 0.2) is 5.70 Å². The van der Waals surface area contributed by atoms with Crippen LogP contribution in [-0.4, -0.2) is 20.2 Å². The summed E-state index contributed by atoms with van der Waals surface area (Å²) in [7, 11) is -1.84. The van der Waals surface area contributed by atoms with E-state index in [2.05, 4.69) is 78.3 Å². The van der Waals surface area contributed by atoms with Crippen molar-refractivity contribution in [3.63, 3.8) is 0 Å². The lowest BCUT2D eigenvalue weighted by atomic mass is 9.78. The van der Waals surface area contributed by atoms with Gasteiger partial charge in [0, 0.05) is 5.56 Å². The van der Waals surface area contributed by atoms with Crippen LogP contribution in [0, 0.1) is 0 Å². The van der Waals surface area contributed by atoms with Crippen LogP contribution in [-0.2, 0) is 20.4 Å². The first-order valence-corrected chi connectivity index (χ1v) is 14.5. The van der Waals surface area contributed by atoms with Crippen molar-refractivity contribution < 1.29 is 14.0 Å². The highest BCUT2D eigenvalue weighted by atomic mass is 28.4. The van der Waals surface area contributed by atoms with Crippen molar-refractivity contribution in [1.82, 2.24) is 0 Å². The molecule has 0 aliphatic carbocycles. The van der Waals surface area contributed by atoms with Crippen LogP contribution in [0.1, 0.15) is 63.8 Å². The zero-order chi connectivity index (χ0) is 23.9. The first kappa shape index (κ1) is 24.0. The summed E-state index contributed by atoms with van der Waals surface area (Å²) in [5.74, 6) is 0.891. The predicted octanol–water partition coefficient (Wildman–Crippen LogP) is 6.84. The molecule has 2 aromatic carbocycles. The summed E-state index contributed by atoms with van der Waals surface area (Å²) in [5.41, 5.74) is 4.04. The molecule has 0 fully saturated rings. The van der Waals surface area contributed by atoms with Crippen molar-refractivity contribution in [2.75, 3.05) is 0 Å². The van der Waals surface area contributed by atoms with E-state index in [1.165, 1.54) is 0 Å². The molecule has 2 aromatic rings. The third-order valence-corrected chi connectivity index (χ3v) is 5.90. The first-order valence-electron chi connectivity index (χ1n) is 11.1. The topological polar surface area (TPSA) is 47.9 Å². The Morgan fingerprint density at radius 2 is 1.44 bits per heavy atom. The molecule has 32 heavy (non-hydrogen) atoms. The summed E-state index contributed by atoms with van der Waals surface area (Å²) in [6, 6.07) is 13.7. The monoisotopic (exact) mass is 449 g/mol. The number of cyclic esters (lactones) is 1. The van der Waals surface area contributed by atoms with E-state index in [0.717, 1.165) is 28.0 Å². The third-order valence-electron chi connectivity index (χ3n) is 5.08. The second kappa shape index (κ2) is 8.36. The number of benzene rings is 2. The Kier molecular flexibility index (Phi) is 6.27. The number of hydrogen-bond acceptors (Lipinski definition) is 4. The fraction of sp³-hybridized carbons (Fsp3) is 0.407. The van der Waals surface area contributed by atoms with Crippen LogP contribution in [0.2, 0.25) is 19.6 Å². The average molecular weight is 450 g/mol. The molecule has 0 bridgehead atoms. The maximum atomic E-state index is 12.6. The smallest absolute Gasteiger partial charge is 0.363 e. The number of carbonyl (C=O) groups excluding carboxylic acids is 1. The zero-order valence-corrected chi connectivity index (χ0v) is 21.8. The van der Waals surface area contributed by atoms with E-state index < -0.39 is 14.3 Å². The summed E-state index contributed by atoms with van der Waals surface area (Å²) in [5, 5.41) is 0. The summed E-state index contributed by atoms with van der Waals surface area (Å²) < 4.78 is 12.1. The highest BCUT2D eigenvalue weighted by Crippen LogP contribution is 2.42. The fourth-order valence-electron chi connectivity index (χ4n) is 3.54. The van der Waals surface area contributed by atoms with Crippen LogP contribution in [0.25, 0.3) is 6.08 Å². The van der Waals surface area contributed by atoms with Crippen molar-refractivity contribution >= 4 is 26.3 Å². The molecule has 0 N–H and O–H groups in total. The summed E-state index contributed by atoms with van der Waals surface area (Å²) >= 11 is 0. The molecule has 1 aliphatic heterocycles. The lowest BCUT2D eigenvalue weighted by Gasteiger charge is -2.33. The van der Waals surface area contributed by atoms with E-state index in [0.29, 0.717) is 11.6 Å². The maximum Gasteiger partial charge on any atom is 0.363 e. The number of carbonyl (C=O) groups is 1. The van der Waals surface area contributed by atoms with E-state index in [1.54, 1.807) is 0 Å². The van der Waals surface area contributed by atoms with Gasteiger partial charge in [-0.1, -0.05) is 59.7 Å². The van der Waals surface area contributed by atoms with E-state index in [4.69, 9.17) is 9.16 Å². The molecule has 0 saturated carbocycles. The molecule has 1 heterocycles. The minimum absolute atomic E-state index is 0.127. The molecule has 170 valence electrons. The molecular formula is C27H35NO3Si. The van der Waals surface area contributed by atoms with Gasteiger partial charge in [0.25, 0.3) is 0 Å². The maximum absolute atomic E-state index is 12.6. The molecule has 0 aromatic heterocycles. The normalized spacial score (nSPS) is 16.2.